The number of hydrogen-bond acceptors (Lipinski definition) is 6. The maximum Gasteiger partial charge on any atom is 0.287 e. The zero-order valence-corrected chi connectivity index (χ0v) is 20.1. The lowest BCUT2D eigenvalue weighted by Crippen LogP contribution is -2.41. The highest BCUT2D eigenvalue weighted by Crippen LogP contribution is 2.28. The van der Waals surface area contributed by atoms with Crippen molar-refractivity contribution >= 4 is 17.7 Å². The number of carbonyl (C=O) groups is 3. The van der Waals surface area contributed by atoms with E-state index in [9.17, 15) is 14.4 Å². The standard InChI is InChI=1S/C26H29N5O5/c1-2-35-23-15-19(11-12-22(23)36-17-24(32)31-13-7-4-8-14-31)25(33)29-30-26(34)21-16-20(27-28-21)18-9-5-3-6-10-18/h3,5-6,9-12,15-16H,2,4,7-8,13-14,17H2,1H3,(H,27,28)(H,29,33)(H,30,34). The summed E-state index contributed by atoms with van der Waals surface area (Å²) in [5, 5.41) is 6.80. The van der Waals surface area contributed by atoms with Crippen molar-refractivity contribution < 1.29 is 23.9 Å². The summed E-state index contributed by atoms with van der Waals surface area (Å²) in [5.74, 6) is -0.448. The first-order valence-corrected chi connectivity index (χ1v) is 11.9. The third-order valence-electron chi connectivity index (χ3n) is 5.75. The molecule has 4 rings (SSSR count). The van der Waals surface area contributed by atoms with Crippen molar-refractivity contribution in [3.63, 3.8) is 0 Å². The van der Waals surface area contributed by atoms with Crippen LogP contribution in [-0.2, 0) is 4.79 Å². The summed E-state index contributed by atoms with van der Waals surface area (Å²) < 4.78 is 11.3. The molecule has 36 heavy (non-hydrogen) atoms. The number of nitrogens with zero attached hydrogens (tertiary/aromatic N) is 2. The lowest BCUT2D eigenvalue weighted by Gasteiger charge is -2.26. The van der Waals surface area contributed by atoms with E-state index in [0.29, 0.717) is 23.8 Å². The fraction of sp³-hybridized carbons (Fsp3) is 0.308. The molecule has 188 valence electrons. The molecule has 2 aromatic carbocycles. The van der Waals surface area contributed by atoms with Crippen LogP contribution in [0, 0.1) is 0 Å². The molecule has 0 unspecified atom stereocenters. The van der Waals surface area contributed by atoms with Gasteiger partial charge in [0.1, 0.15) is 5.69 Å². The Hall–Kier alpha value is -4.34. The van der Waals surface area contributed by atoms with Gasteiger partial charge in [0.15, 0.2) is 18.1 Å². The Bertz CT molecular complexity index is 1200. The number of rotatable bonds is 8. The van der Waals surface area contributed by atoms with E-state index in [1.807, 2.05) is 37.3 Å². The molecular weight excluding hydrogens is 462 g/mol. The number of hydrogen-bond donors (Lipinski definition) is 3. The summed E-state index contributed by atoms with van der Waals surface area (Å²) in [6.45, 7) is 3.55. The molecule has 3 N–H and O–H groups in total. The number of hydrazine groups is 1. The van der Waals surface area contributed by atoms with Gasteiger partial charge in [0.05, 0.1) is 12.3 Å². The first kappa shape index (κ1) is 24.8. The maximum absolute atomic E-state index is 12.6. The Balaban J connectivity index is 1.34. The van der Waals surface area contributed by atoms with Crippen molar-refractivity contribution in [1.29, 1.82) is 0 Å². The summed E-state index contributed by atoms with van der Waals surface area (Å²) in [5.41, 5.74) is 6.69. The van der Waals surface area contributed by atoms with Gasteiger partial charge in [0, 0.05) is 24.2 Å². The van der Waals surface area contributed by atoms with Crippen LogP contribution in [0.4, 0.5) is 0 Å². The zero-order valence-electron chi connectivity index (χ0n) is 20.1. The average Bonchev–Trinajstić information content (AvgIpc) is 3.42. The minimum absolute atomic E-state index is 0.0732. The normalized spacial score (nSPS) is 13.1. The lowest BCUT2D eigenvalue weighted by molar-refractivity contribution is -0.134. The van der Waals surface area contributed by atoms with Crippen molar-refractivity contribution in [2.45, 2.75) is 26.2 Å². The minimum atomic E-state index is -0.542. The van der Waals surface area contributed by atoms with Crippen LogP contribution in [0.25, 0.3) is 11.3 Å². The predicted octanol–water partition coefficient (Wildman–Crippen LogP) is 2.94. The van der Waals surface area contributed by atoms with E-state index >= 15 is 0 Å². The number of nitrogens with one attached hydrogen (secondary N) is 3. The Morgan fingerprint density at radius 3 is 2.42 bits per heavy atom. The van der Waals surface area contributed by atoms with Gasteiger partial charge < -0.3 is 14.4 Å². The Labute approximate surface area is 208 Å². The maximum atomic E-state index is 12.6. The number of carbonyl (C=O) groups excluding carboxylic acids is 3. The highest BCUT2D eigenvalue weighted by Gasteiger charge is 2.19. The molecule has 10 nitrogen and oxygen atoms in total. The molecule has 1 aromatic heterocycles. The van der Waals surface area contributed by atoms with Gasteiger partial charge in [-0.15, -0.1) is 0 Å². The quantitative estimate of drug-likeness (QED) is 0.416. The Morgan fingerprint density at radius 2 is 1.67 bits per heavy atom. The zero-order chi connectivity index (χ0) is 25.3. The molecule has 1 fully saturated rings. The van der Waals surface area contributed by atoms with Crippen LogP contribution >= 0.6 is 0 Å². The van der Waals surface area contributed by atoms with Gasteiger partial charge in [-0.05, 0) is 50.5 Å². The van der Waals surface area contributed by atoms with Crippen LogP contribution in [0.1, 0.15) is 47.0 Å². The van der Waals surface area contributed by atoms with Crippen LogP contribution in [0.3, 0.4) is 0 Å². The molecule has 0 bridgehead atoms. The van der Waals surface area contributed by atoms with Gasteiger partial charge in [-0.1, -0.05) is 30.3 Å². The van der Waals surface area contributed by atoms with E-state index in [1.165, 1.54) is 12.1 Å². The SMILES string of the molecule is CCOc1cc(C(=O)NNC(=O)c2cc(-c3ccccc3)n[nH]2)ccc1OCC(=O)N1CCCCC1. The topological polar surface area (TPSA) is 126 Å². The first-order valence-electron chi connectivity index (χ1n) is 11.9. The molecule has 10 heteroatoms. The van der Waals surface area contributed by atoms with Crippen LogP contribution < -0.4 is 20.3 Å². The van der Waals surface area contributed by atoms with Crippen LogP contribution in [0.5, 0.6) is 11.5 Å². The summed E-state index contributed by atoms with van der Waals surface area (Å²) in [6, 6.07) is 15.6. The second-order valence-electron chi connectivity index (χ2n) is 8.27. The number of ether oxygens (including phenoxy) is 2. The Kier molecular flexibility index (Phi) is 8.17. The summed E-state index contributed by atoms with van der Waals surface area (Å²) in [6.07, 6.45) is 3.15. The van der Waals surface area contributed by atoms with Gasteiger partial charge in [-0.2, -0.15) is 5.10 Å². The largest absolute Gasteiger partial charge is 0.490 e. The lowest BCUT2D eigenvalue weighted by atomic mass is 10.1. The summed E-state index contributed by atoms with van der Waals surface area (Å²) in [4.78, 5) is 39.3. The van der Waals surface area contributed by atoms with Crippen molar-refractivity contribution in [3.8, 4) is 22.8 Å². The predicted molar refractivity (Wildman–Crippen MR) is 132 cm³/mol. The average molecular weight is 492 g/mol. The third kappa shape index (κ3) is 6.21. The monoisotopic (exact) mass is 491 g/mol. The molecule has 1 aliphatic rings. The third-order valence-corrected chi connectivity index (χ3v) is 5.75. The molecule has 0 spiro atoms. The van der Waals surface area contributed by atoms with Gasteiger partial charge in [-0.25, -0.2) is 0 Å². The second-order valence-corrected chi connectivity index (χ2v) is 8.27. The van der Waals surface area contributed by atoms with Crippen molar-refractivity contribution in [2.24, 2.45) is 0 Å². The molecule has 3 amide bonds. The van der Waals surface area contributed by atoms with Crippen molar-refractivity contribution in [2.75, 3.05) is 26.3 Å². The minimum Gasteiger partial charge on any atom is -0.490 e. The number of H-pyrrole nitrogens is 1. The fourth-order valence-electron chi connectivity index (χ4n) is 3.86. The molecule has 0 saturated carbocycles. The fourth-order valence-corrected chi connectivity index (χ4v) is 3.86. The van der Waals surface area contributed by atoms with Gasteiger partial charge in [0.25, 0.3) is 17.7 Å². The van der Waals surface area contributed by atoms with Gasteiger partial charge in [-0.3, -0.25) is 30.3 Å². The van der Waals surface area contributed by atoms with Crippen LogP contribution in [-0.4, -0.2) is 59.1 Å². The number of aromatic amines is 1. The number of benzene rings is 2. The summed E-state index contributed by atoms with van der Waals surface area (Å²) >= 11 is 0. The molecule has 1 saturated heterocycles. The number of amides is 3. The molecular formula is C26H29N5O5. The molecule has 1 aliphatic heterocycles. The highest BCUT2D eigenvalue weighted by atomic mass is 16.5. The number of aromatic nitrogens is 2. The number of piperidine rings is 1. The van der Waals surface area contributed by atoms with Gasteiger partial charge in [0.2, 0.25) is 0 Å². The highest BCUT2D eigenvalue weighted by molar-refractivity contribution is 5.99. The van der Waals surface area contributed by atoms with E-state index in [1.54, 1.807) is 17.0 Å². The summed E-state index contributed by atoms with van der Waals surface area (Å²) in [7, 11) is 0. The molecule has 0 atom stereocenters. The first-order chi connectivity index (χ1) is 17.5. The van der Waals surface area contributed by atoms with Crippen LogP contribution in [0.2, 0.25) is 0 Å². The number of likely N-dealkylation sites (tertiary alicyclic amines) is 1. The molecule has 2 heterocycles. The smallest absolute Gasteiger partial charge is 0.287 e. The van der Waals surface area contributed by atoms with E-state index in [4.69, 9.17) is 9.47 Å². The van der Waals surface area contributed by atoms with E-state index in [-0.39, 0.29) is 23.8 Å². The van der Waals surface area contributed by atoms with E-state index < -0.39 is 11.8 Å². The van der Waals surface area contributed by atoms with E-state index in [0.717, 1.165) is 37.9 Å². The van der Waals surface area contributed by atoms with Gasteiger partial charge >= 0.3 is 0 Å². The molecule has 0 radical (unpaired) electrons. The van der Waals surface area contributed by atoms with Crippen LogP contribution in [0.15, 0.2) is 54.6 Å². The van der Waals surface area contributed by atoms with Crippen molar-refractivity contribution in [3.05, 3.63) is 65.9 Å². The molecule has 3 aromatic rings. The molecule has 0 aliphatic carbocycles. The second kappa shape index (κ2) is 11.9. The van der Waals surface area contributed by atoms with Crippen molar-refractivity contribution in [1.82, 2.24) is 25.9 Å². The Morgan fingerprint density at radius 1 is 0.917 bits per heavy atom. The van der Waals surface area contributed by atoms with E-state index in [2.05, 4.69) is 21.0 Å².